The maximum atomic E-state index is 11.4. The molecule has 0 radical (unpaired) electrons. The summed E-state index contributed by atoms with van der Waals surface area (Å²) in [7, 11) is 1.30. The van der Waals surface area contributed by atoms with Crippen LogP contribution in [0.1, 0.15) is 25.7 Å². The van der Waals surface area contributed by atoms with Crippen molar-refractivity contribution in [2.45, 2.75) is 31.7 Å². The van der Waals surface area contributed by atoms with Crippen molar-refractivity contribution in [3.63, 3.8) is 0 Å². The topological polar surface area (TPSA) is 93.7 Å². The summed E-state index contributed by atoms with van der Waals surface area (Å²) in [5, 5.41) is 5.33. The highest BCUT2D eigenvalue weighted by molar-refractivity contribution is 5.87. The Morgan fingerprint density at radius 3 is 2.78 bits per heavy atom. The van der Waals surface area contributed by atoms with Crippen LogP contribution in [-0.4, -0.2) is 44.3 Å². The van der Waals surface area contributed by atoms with Gasteiger partial charge in [0.15, 0.2) is 0 Å². The minimum Gasteiger partial charge on any atom is -0.469 e. The van der Waals surface area contributed by atoms with E-state index in [1.165, 1.54) is 7.11 Å². The van der Waals surface area contributed by atoms with Crippen LogP contribution in [0.5, 0.6) is 0 Å². The van der Waals surface area contributed by atoms with Crippen molar-refractivity contribution >= 4 is 18.0 Å². The number of hydrogen-bond donors (Lipinski definition) is 2. The fourth-order valence-corrected chi connectivity index (χ4v) is 1.61. The minimum atomic E-state index is -0.779. The largest absolute Gasteiger partial charge is 0.469 e. The predicted octanol–water partition coefficient (Wildman–Crippen LogP) is -0.0556. The van der Waals surface area contributed by atoms with Crippen molar-refractivity contribution < 1.29 is 23.9 Å². The number of methoxy groups -OCH3 is 1. The standard InChI is InChI=1S/C11H18N2O5/c1-17-9(14)5-3-7-13-11(16)18-10(15)8-4-2-6-12-8/h8,12H,2-7H2,1H3,(H,13,16)/t8-/m0/s1. The summed E-state index contributed by atoms with van der Waals surface area (Å²) in [6, 6.07) is -0.384. The van der Waals surface area contributed by atoms with Gasteiger partial charge in [0.1, 0.15) is 6.04 Å². The molecule has 0 aliphatic carbocycles. The van der Waals surface area contributed by atoms with E-state index in [0.29, 0.717) is 12.8 Å². The molecule has 1 aliphatic heterocycles. The van der Waals surface area contributed by atoms with Crippen LogP contribution in [-0.2, 0) is 19.1 Å². The van der Waals surface area contributed by atoms with Crippen LogP contribution in [0.25, 0.3) is 0 Å². The van der Waals surface area contributed by atoms with Crippen LogP contribution in [0.2, 0.25) is 0 Å². The first-order chi connectivity index (χ1) is 8.63. The van der Waals surface area contributed by atoms with Gasteiger partial charge in [-0.3, -0.25) is 4.79 Å². The predicted molar refractivity (Wildman–Crippen MR) is 61.8 cm³/mol. The normalized spacial score (nSPS) is 18.2. The zero-order chi connectivity index (χ0) is 13.4. The van der Waals surface area contributed by atoms with E-state index in [9.17, 15) is 14.4 Å². The molecule has 0 bridgehead atoms. The van der Waals surface area contributed by atoms with Crippen LogP contribution < -0.4 is 10.6 Å². The number of carbonyl (C=O) groups is 3. The highest BCUT2D eigenvalue weighted by Crippen LogP contribution is 2.06. The SMILES string of the molecule is COC(=O)CCCNC(=O)OC(=O)[C@@H]1CCCN1. The Labute approximate surface area is 105 Å². The molecule has 1 rings (SSSR count). The number of alkyl carbamates (subject to hydrolysis) is 1. The summed E-state index contributed by atoms with van der Waals surface area (Å²) in [4.78, 5) is 33.4. The number of carbonyl (C=O) groups excluding carboxylic acids is 3. The molecule has 1 saturated heterocycles. The Morgan fingerprint density at radius 1 is 1.39 bits per heavy atom. The zero-order valence-electron chi connectivity index (χ0n) is 10.4. The first-order valence-electron chi connectivity index (χ1n) is 5.93. The summed E-state index contributed by atoms with van der Waals surface area (Å²) in [5.74, 6) is -0.894. The second-order valence-corrected chi connectivity index (χ2v) is 3.96. The molecule has 102 valence electrons. The molecule has 1 fully saturated rings. The highest BCUT2D eigenvalue weighted by atomic mass is 16.6. The summed E-state index contributed by atoms with van der Waals surface area (Å²) in [5.41, 5.74) is 0. The molecule has 1 amide bonds. The molecule has 0 aromatic carbocycles. The van der Waals surface area contributed by atoms with Crippen molar-refractivity contribution in [1.29, 1.82) is 0 Å². The van der Waals surface area contributed by atoms with E-state index in [0.717, 1.165) is 13.0 Å². The monoisotopic (exact) mass is 258 g/mol. The maximum absolute atomic E-state index is 11.4. The van der Waals surface area contributed by atoms with E-state index >= 15 is 0 Å². The third-order valence-electron chi connectivity index (χ3n) is 2.59. The van der Waals surface area contributed by atoms with E-state index in [2.05, 4.69) is 20.1 Å². The molecule has 0 aromatic rings. The van der Waals surface area contributed by atoms with Gasteiger partial charge < -0.3 is 20.1 Å². The quantitative estimate of drug-likeness (QED) is 0.408. The lowest BCUT2D eigenvalue weighted by atomic mass is 10.2. The van der Waals surface area contributed by atoms with Gasteiger partial charge in [-0.15, -0.1) is 0 Å². The Balaban J connectivity index is 2.09. The van der Waals surface area contributed by atoms with Crippen LogP contribution in [0, 0.1) is 0 Å². The third-order valence-corrected chi connectivity index (χ3v) is 2.59. The summed E-state index contributed by atoms with van der Waals surface area (Å²) < 4.78 is 9.04. The van der Waals surface area contributed by atoms with Gasteiger partial charge in [-0.05, 0) is 25.8 Å². The molecule has 18 heavy (non-hydrogen) atoms. The van der Waals surface area contributed by atoms with Crippen LogP contribution in [0.15, 0.2) is 0 Å². The average Bonchev–Trinajstić information content (AvgIpc) is 2.88. The molecular weight excluding hydrogens is 240 g/mol. The van der Waals surface area contributed by atoms with Gasteiger partial charge in [-0.25, -0.2) is 9.59 Å². The lowest BCUT2D eigenvalue weighted by molar-refractivity contribution is -0.141. The van der Waals surface area contributed by atoms with E-state index in [-0.39, 0.29) is 25.0 Å². The Bertz CT molecular complexity index is 313. The fourth-order valence-electron chi connectivity index (χ4n) is 1.61. The fraction of sp³-hybridized carbons (Fsp3) is 0.727. The second-order valence-electron chi connectivity index (χ2n) is 3.96. The van der Waals surface area contributed by atoms with E-state index in [1.54, 1.807) is 0 Å². The van der Waals surface area contributed by atoms with Gasteiger partial charge in [0.05, 0.1) is 7.11 Å². The van der Waals surface area contributed by atoms with Crippen LogP contribution in [0.4, 0.5) is 4.79 Å². The number of hydrogen-bond acceptors (Lipinski definition) is 6. The Hall–Kier alpha value is -1.63. The molecule has 1 heterocycles. The highest BCUT2D eigenvalue weighted by Gasteiger charge is 2.25. The smallest absolute Gasteiger partial charge is 0.414 e. The summed E-state index contributed by atoms with van der Waals surface area (Å²) in [6.07, 6.45) is 1.47. The minimum absolute atomic E-state index is 0.217. The van der Waals surface area contributed by atoms with E-state index in [4.69, 9.17) is 0 Å². The Morgan fingerprint density at radius 2 is 2.17 bits per heavy atom. The maximum Gasteiger partial charge on any atom is 0.414 e. The molecule has 1 atom stereocenters. The van der Waals surface area contributed by atoms with Gasteiger partial charge in [-0.1, -0.05) is 0 Å². The number of rotatable bonds is 5. The van der Waals surface area contributed by atoms with E-state index < -0.39 is 12.1 Å². The van der Waals surface area contributed by atoms with Crippen LogP contribution >= 0.6 is 0 Å². The zero-order valence-corrected chi connectivity index (χ0v) is 10.4. The second kappa shape index (κ2) is 7.65. The molecule has 0 aromatic heterocycles. The van der Waals surface area contributed by atoms with Gasteiger partial charge in [0.2, 0.25) is 0 Å². The summed E-state index contributed by atoms with van der Waals surface area (Å²) >= 11 is 0. The molecule has 1 aliphatic rings. The first-order valence-corrected chi connectivity index (χ1v) is 5.93. The average molecular weight is 258 g/mol. The van der Waals surface area contributed by atoms with Gasteiger partial charge in [-0.2, -0.15) is 0 Å². The van der Waals surface area contributed by atoms with Gasteiger partial charge >= 0.3 is 18.0 Å². The van der Waals surface area contributed by atoms with Crippen molar-refractivity contribution in [3.05, 3.63) is 0 Å². The van der Waals surface area contributed by atoms with Gasteiger partial charge in [0.25, 0.3) is 0 Å². The molecule has 2 N–H and O–H groups in total. The van der Waals surface area contributed by atoms with Crippen molar-refractivity contribution in [2.75, 3.05) is 20.2 Å². The molecular formula is C11H18N2O5. The summed E-state index contributed by atoms with van der Waals surface area (Å²) in [6.45, 7) is 1.03. The molecule has 7 heteroatoms. The third kappa shape index (κ3) is 5.13. The lowest BCUT2D eigenvalue weighted by Gasteiger charge is -2.09. The van der Waals surface area contributed by atoms with Gasteiger partial charge in [0, 0.05) is 13.0 Å². The lowest BCUT2D eigenvalue weighted by Crippen LogP contribution is -2.37. The number of ether oxygens (including phenoxy) is 2. The van der Waals surface area contributed by atoms with Crippen LogP contribution in [0.3, 0.4) is 0 Å². The van der Waals surface area contributed by atoms with Crippen molar-refractivity contribution in [2.24, 2.45) is 0 Å². The first kappa shape index (κ1) is 14.4. The molecule has 0 saturated carbocycles. The number of esters is 2. The Kier molecular flexibility index (Phi) is 6.13. The molecule has 7 nitrogen and oxygen atoms in total. The van der Waals surface area contributed by atoms with Crippen molar-refractivity contribution in [3.8, 4) is 0 Å². The number of amides is 1. The van der Waals surface area contributed by atoms with Crippen molar-refractivity contribution in [1.82, 2.24) is 10.6 Å². The molecule has 0 spiro atoms. The molecule has 0 unspecified atom stereocenters. The number of nitrogens with one attached hydrogen (secondary N) is 2. The van der Waals surface area contributed by atoms with E-state index in [1.807, 2.05) is 0 Å².